The van der Waals surface area contributed by atoms with Gasteiger partial charge in [0.05, 0.1) is 78.3 Å². The Labute approximate surface area is 241 Å². The van der Waals surface area contributed by atoms with Crippen LogP contribution in [0.15, 0.2) is 0 Å². The Hall–Kier alpha value is -1.50. The van der Waals surface area contributed by atoms with Crippen LogP contribution in [0.5, 0.6) is 0 Å². The summed E-state index contributed by atoms with van der Waals surface area (Å²) in [5, 5.41) is 42.6. The maximum absolute atomic E-state index is 11.4. The number of hydrogen-bond acceptors (Lipinski definition) is 15. The molecule has 15 heteroatoms. The number of aliphatic hydroxyl groups is 4. The van der Waals surface area contributed by atoms with Crippen LogP contribution in [-0.2, 0) is 52.2 Å². The summed E-state index contributed by atoms with van der Waals surface area (Å²) in [5.41, 5.74) is 0. The zero-order valence-electron chi connectivity index (χ0n) is 22.7. The van der Waals surface area contributed by atoms with Gasteiger partial charge >= 0.3 is 11.9 Å². The van der Waals surface area contributed by atoms with E-state index in [1.807, 2.05) is 0 Å². The zero-order chi connectivity index (χ0) is 28.9. The van der Waals surface area contributed by atoms with Crippen molar-refractivity contribution in [3.63, 3.8) is 0 Å². The third kappa shape index (κ3) is 11.6. The van der Waals surface area contributed by atoms with Crippen LogP contribution in [0.25, 0.3) is 0 Å². The van der Waals surface area contributed by atoms with Gasteiger partial charge in [-0.05, 0) is 0 Å². The first-order chi connectivity index (χ1) is 18.7. The standard InChI is InChI=1S/C24H42O15.2CH4/c1-31-5-13-15(8-36-11-19(25)33-3)39-18(24(30)21(13)27)10-35-6-14-16(9-37-12-20(26)34-4)38-17(7-32-2)23(29)22(14)28;;/h13-18,21-24,27-30H,5-12H2,1-4H3;2*1H4. The highest BCUT2D eigenvalue weighted by atomic mass is 16.6. The van der Waals surface area contributed by atoms with Crippen molar-refractivity contribution in [1.29, 1.82) is 0 Å². The predicted molar refractivity (Wildman–Crippen MR) is 142 cm³/mol. The lowest BCUT2D eigenvalue weighted by Gasteiger charge is -2.44. The maximum Gasteiger partial charge on any atom is 0.331 e. The molecule has 0 spiro atoms. The summed E-state index contributed by atoms with van der Waals surface area (Å²) in [5.74, 6) is -2.59. The number of hydrogen-bond donors (Lipinski definition) is 4. The Balaban J connectivity index is 0.00000800. The highest BCUT2D eigenvalue weighted by Gasteiger charge is 2.46. The molecular formula is C26H50O15. The van der Waals surface area contributed by atoms with E-state index in [0.717, 1.165) is 0 Å². The minimum absolute atomic E-state index is 0. The van der Waals surface area contributed by atoms with E-state index >= 15 is 0 Å². The smallest absolute Gasteiger partial charge is 0.331 e. The van der Waals surface area contributed by atoms with Crippen LogP contribution in [0.2, 0.25) is 0 Å². The van der Waals surface area contributed by atoms with Crippen LogP contribution in [0, 0.1) is 11.8 Å². The molecule has 0 saturated carbocycles. The molecule has 0 aromatic heterocycles. The first kappa shape index (κ1) is 39.5. The van der Waals surface area contributed by atoms with Crippen LogP contribution in [0.3, 0.4) is 0 Å². The molecule has 0 aromatic rings. The maximum atomic E-state index is 11.4. The number of methoxy groups -OCH3 is 4. The minimum atomic E-state index is -1.33. The fourth-order valence-corrected chi connectivity index (χ4v) is 4.52. The second kappa shape index (κ2) is 20.4. The highest BCUT2D eigenvalue weighted by molar-refractivity contribution is 5.70. The summed E-state index contributed by atoms with van der Waals surface area (Å²) < 4.78 is 47.6. The van der Waals surface area contributed by atoms with Gasteiger partial charge in [0.1, 0.15) is 37.6 Å². The van der Waals surface area contributed by atoms with Crippen LogP contribution < -0.4 is 0 Å². The summed E-state index contributed by atoms with van der Waals surface area (Å²) in [4.78, 5) is 22.8. The molecule has 244 valence electrons. The van der Waals surface area contributed by atoms with E-state index in [1.54, 1.807) is 0 Å². The first-order valence-electron chi connectivity index (χ1n) is 12.6. The van der Waals surface area contributed by atoms with E-state index in [-0.39, 0.29) is 67.7 Å². The number of carbonyl (C=O) groups is 2. The molecule has 2 rings (SSSR count). The number of aliphatic hydroxyl groups excluding tert-OH is 4. The van der Waals surface area contributed by atoms with Gasteiger partial charge < -0.3 is 63.1 Å². The third-order valence-corrected chi connectivity index (χ3v) is 6.74. The number of rotatable bonds is 16. The molecule has 4 N–H and O–H groups in total. The molecule has 2 saturated heterocycles. The average molecular weight is 603 g/mol. The summed E-state index contributed by atoms with van der Waals surface area (Å²) in [7, 11) is 5.31. The molecule has 10 unspecified atom stereocenters. The molecule has 0 aromatic carbocycles. The van der Waals surface area contributed by atoms with Gasteiger partial charge in [-0.25, -0.2) is 9.59 Å². The van der Waals surface area contributed by atoms with Crippen molar-refractivity contribution < 1.29 is 72.6 Å². The Bertz CT molecular complexity index is 725. The molecule has 2 aliphatic rings. The topological polar surface area (TPSA) is 198 Å². The minimum Gasteiger partial charge on any atom is -0.467 e. The molecule has 15 nitrogen and oxygen atoms in total. The second-order valence-electron chi connectivity index (χ2n) is 9.35. The van der Waals surface area contributed by atoms with Crippen molar-refractivity contribution >= 4 is 11.9 Å². The molecule has 2 fully saturated rings. The SMILES string of the molecule is C.C.COCC1OC(COCC(=O)OC)C(COCC2OC(COCC(=O)OC)C(COC)C(O)C2O)C(O)C1O. The van der Waals surface area contributed by atoms with Crippen LogP contribution in [0.1, 0.15) is 14.9 Å². The van der Waals surface area contributed by atoms with E-state index < -0.39 is 72.6 Å². The van der Waals surface area contributed by atoms with Crippen LogP contribution in [0.4, 0.5) is 0 Å². The van der Waals surface area contributed by atoms with Crippen molar-refractivity contribution in [2.75, 3.05) is 81.3 Å². The lowest BCUT2D eigenvalue weighted by atomic mass is 9.87. The number of ether oxygens (including phenoxy) is 9. The highest BCUT2D eigenvalue weighted by Crippen LogP contribution is 2.30. The van der Waals surface area contributed by atoms with Gasteiger partial charge in [-0.1, -0.05) is 14.9 Å². The summed E-state index contributed by atoms with van der Waals surface area (Å²) in [6.07, 6.45) is -8.46. The average Bonchev–Trinajstić information content (AvgIpc) is 2.92. The summed E-state index contributed by atoms with van der Waals surface area (Å²) in [6, 6.07) is 0. The van der Waals surface area contributed by atoms with Gasteiger partial charge in [-0.3, -0.25) is 0 Å². The van der Waals surface area contributed by atoms with Crippen molar-refractivity contribution in [3.05, 3.63) is 0 Å². The fraction of sp³-hybridized carbons (Fsp3) is 0.923. The number of esters is 2. The molecule has 0 bridgehead atoms. The Morgan fingerprint density at radius 2 is 0.927 bits per heavy atom. The monoisotopic (exact) mass is 602 g/mol. The summed E-state index contributed by atoms with van der Waals surface area (Å²) in [6.45, 7) is -1.09. The lowest BCUT2D eigenvalue weighted by molar-refractivity contribution is -0.245. The molecule has 0 amide bonds. The normalized spacial score (nSPS) is 33.3. The van der Waals surface area contributed by atoms with Gasteiger partial charge in [-0.15, -0.1) is 0 Å². The Kier molecular flexibility index (Phi) is 19.7. The summed E-state index contributed by atoms with van der Waals surface area (Å²) >= 11 is 0. The molecule has 2 aliphatic heterocycles. The van der Waals surface area contributed by atoms with Crippen LogP contribution in [-0.4, -0.2) is 162 Å². The quantitative estimate of drug-likeness (QED) is 0.144. The molecule has 2 heterocycles. The predicted octanol–water partition coefficient (Wildman–Crippen LogP) is -1.84. The van der Waals surface area contributed by atoms with E-state index in [9.17, 15) is 30.0 Å². The molecular weight excluding hydrogens is 552 g/mol. The van der Waals surface area contributed by atoms with Crippen molar-refractivity contribution in [2.45, 2.75) is 63.7 Å². The van der Waals surface area contributed by atoms with Crippen LogP contribution >= 0.6 is 0 Å². The van der Waals surface area contributed by atoms with E-state index in [2.05, 4.69) is 9.47 Å². The molecule has 0 aliphatic carbocycles. The van der Waals surface area contributed by atoms with E-state index in [4.69, 9.17) is 33.2 Å². The van der Waals surface area contributed by atoms with Gasteiger partial charge in [0, 0.05) is 26.1 Å². The van der Waals surface area contributed by atoms with E-state index in [1.165, 1.54) is 28.4 Å². The largest absolute Gasteiger partial charge is 0.467 e. The molecule has 10 atom stereocenters. The second-order valence-corrected chi connectivity index (χ2v) is 9.35. The van der Waals surface area contributed by atoms with Gasteiger partial charge in [0.25, 0.3) is 0 Å². The third-order valence-electron chi connectivity index (χ3n) is 6.74. The van der Waals surface area contributed by atoms with E-state index in [0.29, 0.717) is 0 Å². The first-order valence-corrected chi connectivity index (χ1v) is 12.6. The van der Waals surface area contributed by atoms with Crippen molar-refractivity contribution in [1.82, 2.24) is 0 Å². The zero-order valence-corrected chi connectivity index (χ0v) is 22.7. The van der Waals surface area contributed by atoms with Gasteiger partial charge in [0.15, 0.2) is 0 Å². The molecule has 41 heavy (non-hydrogen) atoms. The fourth-order valence-electron chi connectivity index (χ4n) is 4.52. The van der Waals surface area contributed by atoms with Crippen molar-refractivity contribution in [2.24, 2.45) is 11.8 Å². The molecule has 0 radical (unpaired) electrons. The number of carbonyl (C=O) groups excluding carboxylic acids is 2. The lowest BCUT2D eigenvalue weighted by Crippen LogP contribution is -2.59. The Morgan fingerprint density at radius 1 is 0.537 bits per heavy atom. The Morgan fingerprint density at radius 3 is 1.34 bits per heavy atom. The van der Waals surface area contributed by atoms with Gasteiger partial charge in [0.2, 0.25) is 0 Å². The van der Waals surface area contributed by atoms with Gasteiger partial charge in [-0.2, -0.15) is 0 Å². The van der Waals surface area contributed by atoms with Crippen molar-refractivity contribution in [3.8, 4) is 0 Å².